The number of aliphatic imine (C=N–C) groups is 1. The zero-order chi connectivity index (χ0) is 18.6. The first kappa shape index (κ1) is 22.1. The molecule has 0 saturated carbocycles. The fourth-order valence-electron chi connectivity index (χ4n) is 3.65. The molecule has 2 fully saturated rings. The highest BCUT2D eigenvalue weighted by Gasteiger charge is 2.29. The lowest BCUT2D eigenvalue weighted by atomic mass is 10.1. The van der Waals surface area contributed by atoms with Crippen molar-refractivity contribution >= 4 is 45.5 Å². The molecule has 0 aromatic heterocycles. The van der Waals surface area contributed by atoms with E-state index in [-0.39, 0.29) is 41.5 Å². The van der Waals surface area contributed by atoms with Crippen LogP contribution in [0, 0.1) is 5.92 Å². The van der Waals surface area contributed by atoms with E-state index in [0.29, 0.717) is 18.3 Å². The van der Waals surface area contributed by atoms with Gasteiger partial charge in [0.05, 0.1) is 24.3 Å². The van der Waals surface area contributed by atoms with E-state index < -0.39 is 9.84 Å². The summed E-state index contributed by atoms with van der Waals surface area (Å²) in [6.07, 6.45) is 1.74. The second-order valence-corrected chi connectivity index (χ2v) is 9.20. The van der Waals surface area contributed by atoms with Gasteiger partial charge in [-0.3, -0.25) is 4.99 Å². The molecule has 1 aromatic carbocycles. The molecule has 0 aliphatic carbocycles. The van der Waals surface area contributed by atoms with Gasteiger partial charge in [0.2, 0.25) is 0 Å². The number of nitrogens with one attached hydrogen (secondary N) is 2. The lowest BCUT2D eigenvalue weighted by molar-refractivity contribution is 0.414. The van der Waals surface area contributed by atoms with E-state index in [1.807, 2.05) is 18.2 Å². The number of hydrogen-bond acceptors (Lipinski definition) is 5. The number of hydrogen-bond donors (Lipinski definition) is 2. The van der Waals surface area contributed by atoms with Gasteiger partial charge in [-0.15, -0.1) is 24.0 Å². The van der Waals surface area contributed by atoms with Gasteiger partial charge in [0.25, 0.3) is 0 Å². The van der Waals surface area contributed by atoms with Crippen LogP contribution in [0.1, 0.15) is 12.8 Å². The quantitative estimate of drug-likeness (QED) is 0.357. The standard InChI is InChI=1S/C18H28N4O3S.HI/c1-19-18(21-15-8-10-26(23,24)13-15)20-11-14-7-9-22(12-14)16-5-3-4-6-17(16)25-2;/h3-6,14-15H,7-13H2,1-2H3,(H2,19,20,21);1H. The maximum absolute atomic E-state index is 11.6. The molecule has 2 saturated heterocycles. The summed E-state index contributed by atoms with van der Waals surface area (Å²) in [5, 5.41) is 6.58. The highest BCUT2D eigenvalue weighted by atomic mass is 127. The first-order chi connectivity index (χ1) is 12.5. The maximum atomic E-state index is 11.6. The van der Waals surface area contributed by atoms with Gasteiger partial charge in [0.15, 0.2) is 15.8 Å². The van der Waals surface area contributed by atoms with Crippen molar-refractivity contribution in [3.05, 3.63) is 24.3 Å². The number of methoxy groups -OCH3 is 1. The van der Waals surface area contributed by atoms with Crippen LogP contribution in [-0.4, -0.2) is 65.7 Å². The Balaban J connectivity index is 0.00000261. The highest BCUT2D eigenvalue weighted by Crippen LogP contribution is 2.31. The van der Waals surface area contributed by atoms with E-state index in [9.17, 15) is 8.42 Å². The minimum absolute atomic E-state index is 0. The number of benzene rings is 1. The fourth-order valence-corrected chi connectivity index (χ4v) is 5.32. The zero-order valence-corrected chi connectivity index (χ0v) is 19.0. The molecule has 27 heavy (non-hydrogen) atoms. The third-order valence-electron chi connectivity index (χ3n) is 5.07. The number of halogens is 1. The van der Waals surface area contributed by atoms with Gasteiger partial charge in [-0.2, -0.15) is 0 Å². The lowest BCUT2D eigenvalue weighted by Crippen LogP contribution is -2.45. The van der Waals surface area contributed by atoms with Gasteiger partial charge < -0.3 is 20.3 Å². The maximum Gasteiger partial charge on any atom is 0.191 e. The predicted molar refractivity (Wildman–Crippen MR) is 120 cm³/mol. The summed E-state index contributed by atoms with van der Waals surface area (Å²) in [4.78, 5) is 6.58. The molecule has 0 spiro atoms. The average molecular weight is 508 g/mol. The number of ether oxygens (including phenoxy) is 1. The third-order valence-corrected chi connectivity index (χ3v) is 6.83. The predicted octanol–water partition coefficient (Wildman–Crippen LogP) is 1.49. The Labute approximate surface area is 178 Å². The number of sulfone groups is 1. The number of guanidine groups is 1. The molecule has 2 unspecified atom stereocenters. The monoisotopic (exact) mass is 508 g/mol. The van der Waals surface area contributed by atoms with Crippen LogP contribution in [0.3, 0.4) is 0 Å². The van der Waals surface area contributed by atoms with Crippen LogP contribution in [-0.2, 0) is 9.84 Å². The fraction of sp³-hybridized carbons (Fsp3) is 0.611. The summed E-state index contributed by atoms with van der Waals surface area (Å²) in [6, 6.07) is 8.05. The average Bonchev–Trinajstić information content (AvgIpc) is 3.24. The largest absolute Gasteiger partial charge is 0.495 e. The van der Waals surface area contributed by atoms with E-state index in [1.165, 1.54) is 0 Å². The van der Waals surface area contributed by atoms with Gasteiger partial charge in [0.1, 0.15) is 5.75 Å². The van der Waals surface area contributed by atoms with E-state index in [1.54, 1.807) is 14.2 Å². The number of nitrogens with zero attached hydrogens (tertiary/aromatic N) is 2. The molecule has 1 aromatic rings. The van der Waals surface area contributed by atoms with E-state index in [4.69, 9.17) is 4.74 Å². The minimum atomic E-state index is -2.89. The Bertz CT molecular complexity index is 757. The molecule has 9 heteroatoms. The van der Waals surface area contributed by atoms with Gasteiger partial charge >= 0.3 is 0 Å². The number of para-hydroxylation sites is 2. The molecule has 2 aliphatic rings. The molecule has 152 valence electrons. The molecule has 2 heterocycles. The Morgan fingerprint density at radius 2 is 2.11 bits per heavy atom. The van der Waals surface area contributed by atoms with Gasteiger partial charge in [-0.25, -0.2) is 8.42 Å². The molecule has 2 atom stereocenters. The van der Waals surface area contributed by atoms with Crippen LogP contribution < -0.4 is 20.3 Å². The van der Waals surface area contributed by atoms with Crippen molar-refractivity contribution < 1.29 is 13.2 Å². The second-order valence-electron chi connectivity index (χ2n) is 6.97. The molecule has 2 aliphatic heterocycles. The molecule has 0 radical (unpaired) electrons. The van der Waals surface area contributed by atoms with Crippen LogP contribution in [0.25, 0.3) is 0 Å². The van der Waals surface area contributed by atoms with E-state index >= 15 is 0 Å². The summed E-state index contributed by atoms with van der Waals surface area (Å²) in [7, 11) is 0.530. The summed E-state index contributed by atoms with van der Waals surface area (Å²) in [5.41, 5.74) is 1.14. The van der Waals surface area contributed by atoms with Crippen LogP contribution in [0.15, 0.2) is 29.3 Å². The van der Waals surface area contributed by atoms with Crippen LogP contribution in [0.2, 0.25) is 0 Å². The molecular weight excluding hydrogens is 479 g/mol. The van der Waals surface area contributed by atoms with Crippen molar-refractivity contribution in [3.8, 4) is 5.75 Å². The molecular formula is C18H29IN4O3S. The Morgan fingerprint density at radius 1 is 1.33 bits per heavy atom. The Hall–Kier alpha value is -1.23. The summed E-state index contributed by atoms with van der Waals surface area (Å²) >= 11 is 0. The molecule has 3 rings (SSSR count). The normalized spacial score (nSPS) is 24.4. The lowest BCUT2D eigenvalue weighted by Gasteiger charge is -2.22. The topological polar surface area (TPSA) is 83.0 Å². The zero-order valence-electron chi connectivity index (χ0n) is 15.8. The van der Waals surface area contributed by atoms with Crippen molar-refractivity contribution in [2.24, 2.45) is 10.9 Å². The Kier molecular flexibility index (Phi) is 8.02. The Morgan fingerprint density at radius 3 is 2.78 bits per heavy atom. The smallest absolute Gasteiger partial charge is 0.191 e. The highest BCUT2D eigenvalue weighted by molar-refractivity contribution is 14.0. The van der Waals surface area contributed by atoms with E-state index in [2.05, 4.69) is 26.6 Å². The van der Waals surface area contributed by atoms with Crippen molar-refractivity contribution in [1.29, 1.82) is 0 Å². The number of anilines is 1. The molecule has 2 N–H and O–H groups in total. The molecule has 7 nitrogen and oxygen atoms in total. The number of rotatable bonds is 5. The van der Waals surface area contributed by atoms with Gasteiger partial charge in [0, 0.05) is 32.7 Å². The summed E-state index contributed by atoms with van der Waals surface area (Å²) in [6.45, 7) is 2.77. The third kappa shape index (κ3) is 5.87. The van der Waals surface area contributed by atoms with Gasteiger partial charge in [-0.1, -0.05) is 12.1 Å². The van der Waals surface area contributed by atoms with Crippen LogP contribution in [0.4, 0.5) is 5.69 Å². The van der Waals surface area contributed by atoms with E-state index in [0.717, 1.165) is 37.5 Å². The first-order valence-electron chi connectivity index (χ1n) is 9.06. The minimum Gasteiger partial charge on any atom is -0.495 e. The van der Waals surface area contributed by atoms with Crippen LogP contribution >= 0.6 is 24.0 Å². The summed E-state index contributed by atoms with van der Waals surface area (Å²) < 4.78 is 28.6. The molecule has 0 amide bonds. The van der Waals surface area contributed by atoms with Crippen LogP contribution in [0.5, 0.6) is 5.75 Å². The van der Waals surface area contributed by atoms with Crippen molar-refractivity contribution in [2.75, 3.05) is 50.2 Å². The van der Waals surface area contributed by atoms with Crippen molar-refractivity contribution in [2.45, 2.75) is 18.9 Å². The first-order valence-corrected chi connectivity index (χ1v) is 10.9. The summed E-state index contributed by atoms with van der Waals surface area (Å²) in [5.74, 6) is 2.55. The van der Waals surface area contributed by atoms with Crippen molar-refractivity contribution in [3.63, 3.8) is 0 Å². The SMILES string of the molecule is CN=C(NCC1CCN(c2ccccc2OC)C1)NC1CCS(=O)(=O)C1.I. The molecule has 0 bridgehead atoms. The van der Waals surface area contributed by atoms with Gasteiger partial charge in [-0.05, 0) is 30.9 Å². The van der Waals surface area contributed by atoms with Crippen molar-refractivity contribution in [1.82, 2.24) is 10.6 Å². The second kappa shape index (κ2) is 9.81.